The number of rotatable bonds is 4. The second kappa shape index (κ2) is 5.48. The van der Waals surface area contributed by atoms with E-state index in [1.54, 1.807) is 18.2 Å². The van der Waals surface area contributed by atoms with Crippen molar-refractivity contribution in [1.29, 1.82) is 0 Å². The van der Waals surface area contributed by atoms with Gasteiger partial charge in [0.15, 0.2) is 0 Å². The Bertz CT molecular complexity index is 428. The zero-order chi connectivity index (χ0) is 13.0. The minimum Gasteiger partial charge on any atom is -0.354 e. The number of hydrogen-bond donors (Lipinski definition) is 2. The van der Waals surface area contributed by atoms with Gasteiger partial charge in [0.05, 0.1) is 5.54 Å². The molecule has 1 aliphatic carbocycles. The first-order chi connectivity index (χ1) is 8.62. The largest absolute Gasteiger partial charge is 0.354 e. The zero-order valence-electron chi connectivity index (χ0n) is 10.4. The van der Waals surface area contributed by atoms with Crippen LogP contribution in [0, 0.1) is 5.82 Å². The fraction of sp³-hybridized carbons (Fsp3) is 0.500. The van der Waals surface area contributed by atoms with E-state index in [0.717, 1.165) is 25.7 Å². The van der Waals surface area contributed by atoms with Gasteiger partial charge in [0.25, 0.3) is 0 Å². The number of carbonyl (C=O) groups excluding carboxylic acids is 1. The summed E-state index contributed by atoms with van der Waals surface area (Å²) in [5.41, 5.74) is 5.95. The van der Waals surface area contributed by atoms with Crippen LogP contribution in [-0.4, -0.2) is 18.0 Å². The molecule has 3 nitrogen and oxygen atoms in total. The zero-order valence-corrected chi connectivity index (χ0v) is 10.4. The highest BCUT2D eigenvalue weighted by Gasteiger charge is 2.36. The smallest absolute Gasteiger partial charge is 0.240 e. The number of nitrogens with one attached hydrogen (secondary N) is 1. The lowest BCUT2D eigenvalue weighted by atomic mass is 9.98. The summed E-state index contributed by atoms with van der Waals surface area (Å²) in [6.07, 6.45) is 4.01. The summed E-state index contributed by atoms with van der Waals surface area (Å²) >= 11 is 0. The standard InChI is InChI=1S/C14H19FN2O/c15-12-6-2-1-5-11(12)7-10-17-13(18)14(16)8-3-4-9-14/h1-2,5-6H,3-4,7-10,16H2,(H,17,18). The van der Waals surface area contributed by atoms with Crippen LogP contribution in [0.15, 0.2) is 24.3 Å². The van der Waals surface area contributed by atoms with E-state index >= 15 is 0 Å². The molecule has 1 aliphatic rings. The molecule has 0 atom stereocenters. The van der Waals surface area contributed by atoms with Gasteiger partial charge in [-0.1, -0.05) is 31.0 Å². The van der Waals surface area contributed by atoms with Crippen molar-refractivity contribution >= 4 is 5.91 Å². The Hall–Kier alpha value is -1.42. The summed E-state index contributed by atoms with van der Waals surface area (Å²) in [6.45, 7) is 0.429. The van der Waals surface area contributed by atoms with Gasteiger partial charge >= 0.3 is 0 Å². The number of nitrogens with two attached hydrogens (primary N) is 1. The van der Waals surface area contributed by atoms with Gasteiger partial charge in [-0.2, -0.15) is 0 Å². The molecular formula is C14H19FN2O. The highest BCUT2D eigenvalue weighted by Crippen LogP contribution is 2.27. The first kappa shape index (κ1) is 13.0. The summed E-state index contributed by atoms with van der Waals surface area (Å²) in [4.78, 5) is 11.9. The minimum atomic E-state index is -0.699. The van der Waals surface area contributed by atoms with E-state index in [0.29, 0.717) is 18.5 Å². The van der Waals surface area contributed by atoms with Gasteiger partial charge in [-0.05, 0) is 30.9 Å². The van der Waals surface area contributed by atoms with Crippen molar-refractivity contribution in [3.05, 3.63) is 35.6 Å². The van der Waals surface area contributed by atoms with Crippen molar-refractivity contribution in [2.75, 3.05) is 6.54 Å². The van der Waals surface area contributed by atoms with E-state index in [4.69, 9.17) is 5.73 Å². The number of carbonyl (C=O) groups is 1. The lowest BCUT2D eigenvalue weighted by Crippen LogP contribution is -2.52. The monoisotopic (exact) mass is 250 g/mol. The van der Waals surface area contributed by atoms with Gasteiger partial charge < -0.3 is 11.1 Å². The quantitative estimate of drug-likeness (QED) is 0.855. The molecule has 1 aromatic carbocycles. The molecule has 1 aromatic rings. The molecule has 0 unspecified atom stereocenters. The Labute approximate surface area is 107 Å². The normalized spacial score (nSPS) is 17.7. The van der Waals surface area contributed by atoms with Crippen LogP contribution in [-0.2, 0) is 11.2 Å². The van der Waals surface area contributed by atoms with Gasteiger partial charge in [-0.15, -0.1) is 0 Å². The molecular weight excluding hydrogens is 231 g/mol. The highest BCUT2D eigenvalue weighted by atomic mass is 19.1. The van der Waals surface area contributed by atoms with Gasteiger partial charge in [0.2, 0.25) is 5.91 Å². The third-order valence-electron chi connectivity index (χ3n) is 3.59. The van der Waals surface area contributed by atoms with Gasteiger partial charge in [0.1, 0.15) is 5.82 Å². The van der Waals surface area contributed by atoms with Crippen molar-refractivity contribution in [3.63, 3.8) is 0 Å². The molecule has 0 radical (unpaired) electrons. The molecule has 4 heteroatoms. The maximum Gasteiger partial charge on any atom is 0.240 e. The molecule has 0 heterocycles. The van der Waals surface area contributed by atoms with Crippen LogP contribution in [0.3, 0.4) is 0 Å². The summed E-state index contributed by atoms with van der Waals surface area (Å²) < 4.78 is 13.4. The molecule has 18 heavy (non-hydrogen) atoms. The van der Waals surface area contributed by atoms with Crippen molar-refractivity contribution in [2.24, 2.45) is 5.73 Å². The van der Waals surface area contributed by atoms with Crippen molar-refractivity contribution in [1.82, 2.24) is 5.32 Å². The van der Waals surface area contributed by atoms with E-state index in [2.05, 4.69) is 5.32 Å². The lowest BCUT2D eigenvalue weighted by Gasteiger charge is -2.22. The predicted octanol–water partition coefficient (Wildman–Crippen LogP) is 1.76. The van der Waals surface area contributed by atoms with Crippen LogP contribution in [0.1, 0.15) is 31.2 Å². The Kier molecular flexibility index (Phi) is 3.97. The van der Waals surface area contributed by atoms with E-state index < -0.39 is 5.54 Å². The fourth-order valence-corrected chi connectivity index (χ4v) is 2.42. The van der Waals surface area contributed by atoms with E-state index in [-0.39, 0.29) is 11.7 Å². The molecule has 0 aromatic heterocycles. The van der Waals surface area contributed by atoms with Gasteiger partial charge in [-0.25, -0.2) is 4.39 Å². The van der Waals surface area contributed by atoms with E-state index in [1.165, 1.54) is 6.07 Å². The molecule has 1 amide bonds. The Morgan fingerprint density at radius 1 is 1.33 bits per heavy atom. The van der Waals surface area contributed by atoms with Crippen LogP contribution in [0.4, 0.5) is 4.39 Å². The molecule has 1 fully saturated rings. The lowest BCUT2D eigenvalue weighted by molar-refractivity contribution is -0.126. The average molecular weight is 250 g/mol. The van der Waals surface area contributed by atoms with Crippen molar-refractivity contribution in [2.45, 2.75) is 37.6 Å². The third kappa shape index (κ3) is 2.88. The maximum absolute atomic E-state index is 13.4. The molecule has 0 saturated heterocycles. The third-order valence-corrected chi connectivity index (χ3v) is 3.59. The first-order valence-corrected chi connectivity index (χ1v) is 6.42. The minimum absolute atomic E-state index is 0.101. The number of benzene rings is 1. The number of amides is 1. The average Bonchev–Trinajstić information content (AvgIpc) is 2.80. The summed E-state index contributed by atoms with van der Waals surface area (Å²) in [7, 11) is 0. The van der Waals surface area contributed by atoms with Crippen LogP contribution in [0.5, 0.6) is 0 Å². The van der Waals surface area contributed by atoms with Crippen molar-refractivity contribution < 1.29 is 9.18 Å². The van der Waals surface area contributed by atoms with Crippen molar-refractivity contribution in [3.8, 4) is 0 Å². The molecule has 2 rings (SSSR count). The first-order valence-electron chi connectivity index (χ1n) is 6.42. The maximum atomic E-state index is 13.4. The fourth-order valence-electron chi connectivity index (χ4n) is 2.42. The van der Waals surface area contributed by atoms with Crippen LogP contribution >= 0.6 is 0 Å². The topological polar surface area (TPSA) is 55.1 Å². The van der Waals surface area contributed by atoms with Gasteiger partial charge in [0, 0.05) is 6.54 Å². The predicted molar refractivity (Wildman–Crippen MR) is 68.5 cm³/mol. The molecule has 1 saturated carbocycles. The summed E-state index contributed by atoms with van der Waals surface area (Å²) in [5.74, 6) is -0.327. The van der Waals surface area contributed by atoms with E-state index in [9.17, 15) is 9.18 Å². The summed E-state index contributed by atoms with van der Waals surface area (Å²) in [6, 6.07) is 6.61. The number of hydrogen-bond acceptors (Lipinski definition) is 2. The molecule has 0 aliphatic heterocycles. The number of halogens is 1. The SMILES string of the molecule is NC1(C(=O)NCCc2ccccc2F)CCCC1. The van der Waals surface area contributed by atoms with E-state index in [1.807, 2.05) is 0 Å². The second-order valence-electron chi connectivity index (χ2n) is 4.96. The molecule has 98 valence electrons. The molecule has 0 spiro atoms. The summed E-state index contributed by atoms with van der Waals surface area (Å²) in [5, 5.41) is 2.81. The molecule has 3 N–H and O–H groups in total. The highest BCUT2D eigenvalue weighted by molar-refractivity contribution is 5.86. The van der Waals surface area contributed by atoms with Gasteiger partial charge in [-0.3, -0.25) is 4.79 Å². The van der Waals surface area contributed by atoms with Crippen LogP contribution < -0.4 is 11.1 Å². The Balaban J connectivity index is 1.82. The second-order valence-corrected chi connectivity index (χ2v) is 4.96. The van der Waals surface area contributed by atoms with Crippen LogP contribution in [0.25, 0.3) is 0 Å². The Morgan fingerprint density at radius 3 is 2.67 bits per heavy atom. The van der Waals surface area contributed by atoms with Crippen LogP contribution in [0.2, 0.25) is 0 Å². The Morgan fingerprint density at radius 2 is 2.00 bits per heavy atom. The molecule has 0 bridgehead atoms.